The fourth-order valence-electron chi connectivity index (χ4n) is 2.74. The zero-order chi connectivity index (χ0) is 18.2. The number of unbranched alkanes of at least 4 members (excludes halogenated alkanes) is 1. The minimum Gasteiger partial charge on any atom is -0.481 e. The average Bonchev–Trinajstić information content (AvgIpc) is 2.84. The van der Waals surface area contributed by atoms with Gasteiger partial charge in [0.25, 0.3) is 0 Å². The van der Waals surface area contributed by atoms with Crippen LogP contribution in [-0.4, -0.2) is 26.8 Å². The number of nitrogens with zero attached hydrogens (tertiary/aromatic N) is 2. The summed E-state index contributed by atoms with van der Waals surface area (Å²) >= 11 is 0. The number of carboxylic acid groups (broad SMARTS) is 1. The van der Waals surface area contributed by atoms with E-state index in [2.05, 4.69) is 22.5 Å². The molecule has 2 N–H and O–H groups in total. The molecule has 0 aliphatic rings. The summed E-state index contributed by atoms with van der Waals surface area (Å²) < 4.78 is 1.96. The van der Waals surface area contributed by atoms with Gasteiger partial charge in [-0.05, 0) is 32.3 Å². The van der Waals surface area contributed by atoms with Gasteiger partial charge in [0.05, 0.1) is 12.2 Å². The van der Waals surface area contributed by atoms with Gasteiger partial charge in [-0.1, -0.05) is 30.3 Å². The first-order valence-corrected chi connectivity index (χ1v) is 8.52. The highest BCUT2D eigenvalue weighted by Crippen LogP contribution is 2.15. The van der Waals surface area contributed by atoms with E-state index in [9.17, 15) is 9.59 Å². The molecule has 1 heterocycles. The molecule has 0 radical (unpaired) electrons. The lowest BCUT2D eigenvalue weighted by atomic mass is 10.1. The van der Waals surface area contributed by atoms with Crippen LogP contribution in [0.4, 0.5) is 0 Å². The molecule has 0 aliphatic carbocycles. The standard InChI is InChI=1S/C19H25N3O3/c1-14-17(12-20-18(23)10-6-7-11-19(24)25)15(2)22(21-14)13-16-8-4-3-5-9-16/h3-5,8-9H,6-7,10-13H2,1-2H3,(H,20,23)(H,24,25). The van der Waals surface area contributed by atoms with Gasteiger partial charge in [-0.3, -0.25) is 14.3 Å². The molecule has 25 heavy (non-hydrogen) atoms. The number of aliphatic carboxylic acids is 1. The highest BCUT2D eigenvalue weighted by atomic mass is 16.4. The van der Waals surface area contributed by atoms with Crippen molar-refractivity contribution >= 4 is 11.9 Å². The lowest BCUT2D eigenvalue weighted by Gasteiger charge is -2.07. The molecule has 0 fully saturated rings. The Labute approximate surface area is 147 Å². The van der Waals surface area contributed by atoms with Crippen LogP contribution in [0.25, 0.3) is 0 Å². The Kier molecular flexibility index (Phi) is 6.74. The molecule has 6 heteroatoms. The van der Waals surface area contributed by atoms with Crippen LogP contribution in [0.1, 0.15) is 48.2 Å². The second-order valence-corrected chi connectivity index (χ2v) is 6.17. The molecule has 0 spiro atoms. The predicted molar refractivity (Wildman–Crippen MR) is 95.2 cm³/mol. The van der Waals surface area contributed by atoms with Gasteiger partial charge in [0.15, 0.2) is 0 Å². The molecule has 1 aromatic heterocycles. The molecule has 0 saturated heterocycles. The van der Waals surface area contributed by atoms with Crippen molar-refractivity contribution in [3.05, 3.63) is 52.8 Å². The highest BCUT2D eigenvalue weighted by Gasteiger charge is 2.13. The number of hydrogen-bond acceptors (Lipinski definition) is 3. The third-order valence-corrected chi connectivity index (χ3v) is 4.21. The van der Waals surface area contributed by atoms with Crippen molar-refractivity contribution in [3.63, 3.8) is 0 Å². The molecule has 1 aromatic carbocycles. The minimum atomic E-state index is -0.822. The van der Waals surface area contributed by atoms with Gasteiger partial charge in [0.2, 0.25) is 5.91 Å². The van der Waals surface area contributed by atoms with Gasteiger partial charge in [0, 0.05) is 30.6 Å². The quantitative estimate of drug-likeness (QED) is 0.686. The Bertz CT molecular complexity index is 723. The summed E-state index contributed by atoms with van der Waals surface area (Å²) in [7, 11) is 0. The van der Waals surface area contributed by atoms with E-state index in [0.29, 0.717) is 32.4 Å². The summed E-state index contributed by atoms with van der Waals surface area (Å²) in [4.78, 5) is 22.3. The van der Waals surface area contributed by atoms with Gasteiger partial charge < -0.3 is 10.4 Å². The molecule has 2 aromatic rings. The van der Waals surface area contributed by atoms with Gasteiger partial charge in [0.1, 0.15) is 0 Å². The second-order valence-electron chi connectivity index (χ2n) is 6.17. The number of aromatic nitrogens is 2. The van der Waals surface area contributed by atoms with Crippen molar-refractivity contribution in [2.45, 2.75) is 52.6 Å². The lowest BCUT2D eigenvalue weighted by molar-refractivity contribution is -0.137. The van der Waals surface area contributed by atoms with E-state index in [-0.39, 0.29) is 12.3 Å². The fourth-order valence-corrected chi connectivity index (χ4v) is 2.74. The van der Waals surface area contributed by atoms with E-state index in [4.69, 9.17) is 5.11 Å². The maximum Gasteiger partial charge on any atom is 0.303 e. The molecule has 0 unspecified atom stereocenters. The topological polar surface area (TPSA) is 84.2 Å². The molecule has 6 nitrogen and oxygen atoms in total. The van der Waals surface area contributed by atoms with Crippen LogP contribution in [0.15, 0.2) is 30.3 Å². The summed E-state index contributed by atoms with van der Waals surface area (Å²) in [6.45, 7) is 5.11. The van der Waals surface area contributed by atoms with E-state index >= 15 is 0 Å². The number of amides is 1. The van der Waals surface area contributed by atoms with Crippen molar-refractivity contribution in [2.24, 2.45) is 0 Å². The number of benzene rings is 1. The summed E-state index contributed by atoms with van der Waals surface area (Å²) in [6.07, 6.45) is 1.57. The zero-order valence-electron chi connectivity index (χ0n) is 14.8. The molecular weight excluding hydrogens is 318 g/mol. The van der Waals surface area contributed by atoms with E-state index in [1.54, 1.807) is 0 Å². The third kappa shape index (κ3) is 5.74. The number of hydrogen-bond donors (Lipinski definition) is 2. The third-order valence-electron chi connectivity index (χ3n) is 4.21. The van der Waals surface area contributed by atoms with Crippen LogP contribution in [0, 0.1) is 13.8 Å². The number of carbonyl (C=O) groups excluding carboxylic acids is 1. The molecule has 0 aliphatic heterocycles. The minimum absolute atomic E-state index is 0.0556. The van der Waals surface area contributed by atoms with Crippen molar-refractivity contribution in [1.82, 2.24) is 15.1 Å². The zero-order valence-corrected chi connectivity index (χ0v) is 14.8. The molecule has 0 atom stereocenters. The number of carboxylic acids is 1. The average molecular weight is 343 g/mol. The predicted octanol–water partition coefficient (Wildman–Crippen LogP) is 2.81. The Balaban J connectivity index is 1.88. The van der Waals surface area contributed by atoms with Crippen LogP contribution < -0.4 is 5.32 Å². The SMILES string of the molecule is Cc1nn(Cc2ccccc2)c(C)c1CNC(=O)CCCCC(=O)O. The summed E-state index contributed by atoms with van der Waals surface area (Å²) in [5, 5.41) is 16.1. The maximum atomic E-state index is 11.9. The molecule has 0 saturated carbocycles. The monoisotopic (exact) mass is 343 g/mol. The van der Waals surface area contributed by atoms with Gasteiger partial charge in [-0.15, -0.1) is 0 Å². The largest absolute Gasteiger partial charge is 0.481 e. The van der Waals surface area contributed by atoms with Crippen LogP contribution >= 0.6 is 0 Å². The van der Waals surface area contributed by atoms with E-state index < -0.39 is 5.97 Å². The fraction of sp³-hybridized carbons (Fsp3) is 0.421. The Morgan fingerprint density at radius 3 is 2.48 bits per heavy atom. The van der Waals surface area contributed by atoms with E-state index in [1.165, 1.54) is 5.56 Å². The van der Waals surface area contributed by atoms with Crippen LogP contribution in [-0.2, 0) is 22.7 Å². The Hall–Kier alpha value is -2.63. The molecule has 0 bridgehead atoms. The van der Waals surface area contributed by atoms with Crippen molar-refractivity contribution in [2.75, 3.05) is 0 Å². The van der Waals surface area contributed by atoms with E-state index in [1.807, 2.05) is 36.7 Å². The highest BCUT2D eigenvalue weighted by molar-refractivity contribution is 5.76. The first-order chi connectivity index (χ1) is 12.0. The van der Waals surface area contributed by atoms with Crippen LogP contribution in [0.5, 0.6) is 0 Å². The molecular formula is C19H25N3O3. The Morgan fingerprint density at radius 1 is 1.12 bits per heavy atom. The second kappa shape index (κ2) is 9.01. The van der Waals surface area contributed by atoms with Gasteiger partial charge in [-0.2, -0.15) is 5.10 Å². The van der Waals surface area contributed by atoms with E-state index in [0.717, 1.165) is 17.0 Å². The number of rotatable bonds is 9. The maximum absolute atomic E-state index is 11.9. The Morgan fingerprint density at radius 2 is 1.80 bits per heavy atom. The number of nitrogens with one attached hydrogen (secondary N) is 1. The van der Waals surface area contributed by atoms with Crippen molar-refractivity contribution < 1.29 is 14.7 Å². The number of aryl methyl sites for hydroxylation is 1. The summed E-state index contributed by atoms with van der Waals surface area (Å²) in [5.74, 6) is -0.877. The number of carbonyl (C=O) groups is 2. The van der Waals surface area contributed by atoms with Crippen molar-refractivity contribution in [3.8, 4) is 0 Å². The smallest absolute Gasteiger partial charge is 0.303 e. The van der Waals surface area contributed by atoms with Crippen molar-refractivity contribution in [1.29, 1.82) is 0 Å². The summed E-state index contributed by atoms with van der Waals surface area (Å²) in [6, 6.07) is 10.1. The van der Waals surface area contributed by atoms with Crippen LogP contribution in [0.3, 0.4) is 0 Å². The van der Waals surface area contributed by atoms with Crippen LogP contribution in [0.2, 0.25) is 0 Å². The lowest BCUT2D eigenvalue weighted by Crippen LogP contribution is -2.23. The molecule has 2 rings (SSSR count). The molecule has 1 amide bonds. The van der Waals surface area contributed by atoms with Gasteiger partial charge in [-0.25, -0.2) is 0 Å². The summed E-state index contributed by atoms with van der Waals surface area (Å²) in [5.41, 5.74) is 4.18. The van der Waals surface area contributed by atoms with Gasteiger partial charge >= 0.3 is 5.97 Å². The first-order valence-electron chi connectivity index (χ1n) is 8.52. The normalized spacial score (nSPS) is 10.6. The molecule has 134 valence electrons. The first kappa shape index (κ1) is 18.7.